The van der Waals surface area contributed by atoms with Crippen molar-refractivity contribution in [3.05, 3.63) is 41.5 Å². The van der Waals surface area contributed by atoms with Crippen LogP contribution in [0, 0.1) is 0 Å². The molecule has 0 radical (unpaired) electrons. The van der Waals surface area contributed by atoms with Crippen molar-refractivity contribution >= 4 is 21.8 Å². The summed E-state index contributed by atoms with van der Waals surface area (Å²) in [6.45, 7) is 0. The third kappa shape index (κ3) is 1.46. The van der Waals surface area contributed by atoms with Crippen LogP contribution < -0.4 is 0 Å². The Bertz CT molecular complexity index is 328. The van der Waals surface area contributed by atoms with Crippen LogP contribution in [0.4, 0.5) is 0 Å². The molecule has 0 spiro atoms. The van der Waals surface area contributed by atoms with Gasteiger partial charge in [-0.05, 0) is 5.56 Å². The lowest BCUT2D eigenvalue weighted by molar-refractivity contribution is 0.0994. The average molecular weight is 178 g/mol. The first-order valence-corrected chi connectivity index (χ1v) is 3.67. The molecule has 1 unspecified atom stereocenters. The maximum atomic E-state index is 11.2. The van der Waals surface area contributed by atoms with Gasteiger partial charge in [-0.2, -0.15) is 9.90 Å². The van der Waals surface area contributed by atoms with Crippen LogP contribution in [-0.2, 0) is 0 Å². The molecule has 1 aromatic carbocycles. The van der Waals surface area contributed by atoms with E-state index in [0.717, 1.165) is 11.1 Å². The molecule has 1 aliphatic rings. The second kappa shape index (κ2) is 3.64. The van der Waals surface area contributed by atoms with E-state index in [1.165, 1.54) is 0 Å². The van der Waals surface area contributed by atoms with E-state index in [1.54, 1.807) is 0 Å². The maximum Gasteiger partial charge on any atom is 0.167 e. The van der Waals surface area contributed by atoms with Crippen molar-refractivity contribution in [1.82, 2.24) is 0 Å². The Balaban J connectivity index is 0.000000720. The molecule has 0 saturated carbocycles. The van der Waals surface area contributed by atoms with Gasteiger partial charge < -0.3 is 0 Å². The van der Waals surface area contributed by atoms with Crippen LogP contribution in [0.15, 0.2) is 30.3 Å². The fourth-order valence-electron chi connectivity index (χ4n) is 1.30. The predicted molar refractivity (Wildman–Crippen MR) is 55.5 cm³/mol. The van der Waals surface area contributed by atoms with Crippen LogP contribution in [0.5, 0.6) is 0 Å². The molecule has 0 amide bonds. The van der Waals surface area contributed by atoms with E-state index in [-0.39, 0.29) is 15.7 Å². The van der Waals surface area contributed by atoms with Gasteiger partial charge in [-0.3, -0.25) is 4.79 Å². The largest absolute Gasteiger partial charge is 0.294 e. The summed E-state index contributed by atoms with van der Waals surface area (Å²) in [4.78, 5) is 11.2. The highest BCUT2D eigenvalue weighted by molar-refractivity contribution is 6.92. The molecule has 1 aromatic rings. The van der Waals surface area contributed by atoms with Gasteiger partial charge in [0.1, 0.15) is 0 Å². The number of rotatable bonds is 0. The van der Waals surface area contributed by atoms with Gasteiger partial charge in [0.15, 0.2) is 5.78 Å². The van der Waals surface area contributed by atoms with Gasteiger partial charge in [0.2, 0.25) is 0 Å². The van der Waals surface area contributed by atoms with Crippen molar-refractivity contribution in [3.8, 4) is 0 Å². The molecule has 12 heavy (non-hydrogen) atoms. The minimum Gasteiger partial charge on any atom is -0.294 e. The first-order valence-electron chi connectivity index (χ1n) is 3.67. The van der Waals surface area contributed by atoms with Crippen LogP contribution in [0.1, 0.15) is 22.3 Å². The molecule has 0 N–H and O–H groups in total. The molecule has 0 aliphatic heterocycles. The minimum absolute atomic E-state index is 0. The lowest BCUT2D eigenvalue weighted by atomic mass is 9.97. The predicted octanol–water partition coefficient (Wildman–Crippen LogP) is 2.34. The number of carbonyl (C=O) groups excluding carboxylic acids is 1. The van der Waals surface area contributed by atoms with Gasteiger partial charge in [-0.15, -0.1) is 0 Å². The number of hydrogen-bond acceptors (Lipinski definition) is 1. The van der Waals surface area contributed by atoms with E-state index in [0.29, 0.717) is 6.42 Å². The molecular formula is C10H11OP. The molecule has 1 atom stereocenters. The lowest BCUT2D eigenvalue weighted by Gasteiger charge is -2.07. The van der Waals surface area contributed by atoms with Gasteiger partial charge in [0.25, 0.3) is 0 Å². The van der Waals surface area contributed by atoms with Gasteiger partial charge in [0, 0.05) is 12.0 Å². The summed E-state index contributed by atoms with van der Waals surface area (Å²) in [5.41, 5.74) is 1.90. The summed E-state index contributed by atoms with van der Waals surface area (Å²) in [7, 11) is 0. The summed E-state index contributed by atoms with van der Waals surface area (Å²) in [6, 6.07) is 7.68. The Labute approximate surface area is 75.1 Å². The molecular weight excluding hydrogens is 167 g/mol. The average Bonchev–Trinajstić information content (AvgIpc) is 2.06. The first-order chi connectivity index (χ1) is 5.38. The highest BCUT2D eigenvalue weighted by Gasteiger charge is 2.10. The zero-order valence-electron chi connectivity index (χ0n) is 6.79. The number of allylic oxidation sites excluding steroid dienone is 1. The monoisotopic (exact) mass is 178 g/mol. The fraction of sp³-hybridized carbons (Fsp3) is 0.100. The van der Waals surface area contributed by atoms with Crippen molar-refractivity contribution in [1.29, 1.82) is 0 Å². The van der Waals surface area contributed by atoms with Crippen LogP contribution in [0.2, 0.25) is 0 Å². The van der Waals surface area contributed by atoms with Gasteiger partial charge in [0.05, 0.1) is 0 Å². The molecule has 1 aliphatic carbocycles. The molecule has 0 saturated heterocycles. The van der Waals surface area contributed by atoms with Crippen molar-refractivity contribution in [2.75, 3.05) is 0 Å². The second-order valence-corrected chi connectivity index (χ2v) is 2.62. The Kier molecular flexibility index (Phi) is 2.78. The Morgan fingerprint density at radius 1 is 1.17 bits per heavy atom. The Morgan fingerprint density at radius 3 is 2.67 bits per heavy atom. The normalized spacial score (nSPS) is 13.5. The van der Waals surface area contributed by atoms with E-state index in [9.17, 15) is 4.79 Å². The summed E-state index contributed by atoms with van der Waals surface area (Å²) < 4.78 is 0. The standard InChI is InChI=1S/C10H8O.H3P/c11-10-7-3-5-8-4-1-2-6-9(8)10;/h1-6H,7H2;1H3. The zero-order valence-corrected chi connectivity index (χ0v) is 8.20. The van der Waals surface area contributed by atoms with E-state index in [1.807, 2.05) is 36.4 Å². The van der Waals surface area contributed by atoms with E-state index >= 15 is 0 Å². The summed E-state index contributed by atoms with van der Waals surface area (Å²) >= 11 is 0. The minimum atomic E-state index is 0. The highest BCUT2D eigenvalue weighted by atomic mass is 31.0. The number of benzene rings is 1. The number of ketones is 1. The maximum absolute atomic E-state index is 11.2. The Morgan fingerprint density at radius 2 is 1.92 bits per heavy atom. The molecule has 62 valence electrons. The van der Waals surface area contributed by atoms with Gasteiger partial charge >= 0.3 is 0 Å². The number of carbonyl (C=O) groups is 1. The first kappa shape index (κ1) is 9.15. The van der Waals surface area contributed by atoms with Crippen molar-refractivity contribution < 1.29 is 4.79 Å². The summed E-state index contributed by atoms with van der Waals surface area (Å²) in [5.74, 6) is 0.225. The molecule has 0 heterocycles. The topological polar surface area (TPSA) is 17.1 Å². The van der Waals surface area contributed by atoms with Crippen LogP contribution in [0.3, 0.4) is 0 Å². The highest BCUT2D eigenvalue weighted by Crippen LogP contribution is 2.17. The van der Waals surface area contributed by atoms with E-state index in [4.69, 9.17) is 0 Å². The summed E-state index contributed by atoms with van der Waals surface area (Å²) in [5, 5.41) is 0. The third-order valence-electron chi connectivity index (χ3n) is 1.86. The number of fused-ring (bicyclic) bond motifs is 1. The fourth-order valence-corrected chi connectivity index (χ4v) is 1.30. The van der Waals surface area contributed by atoms with E-state index < -0.39 is 0 Å². The number of Topliss-reactive ketones (excluding diaryl/α,β-unsaturated/α-hetero) is 1. The van der Waals surface area contributed by atoms with Gasteiger partial charge in [-0.1, -0.05) is 36.4 Å². The lowest BCUT2D eigenvalue weighted by Crippen LogP contribution is -2.02. The molecule has 2 heteroatoms. The van der Waals surface area contributed by atoms with Crippen LogP contribution in [0.25, 0.3) is 6.08 Å². The molecule has 0 bridgehead atoms. The third-order valence-corrected chi connectivity index (χ3v) is 1.86. The molecule has 2 rings (SSSR count). The van der Waals surface area contributed by atoms with Crippen LogP contribution >= 0.6 is 9.90 Å². The van der Waals surface area contributed by atoms with Crippen LogP contribution in [-0.4, -0.2) is 5.78 Å². The quantitative estimate of drug-likeness (QED) is 0.557. The second-order valence-electron chi connectivity index (χ2n) is 2.62. The van der Waals surface area contributed by atoms with E-state index in [2.05, 4.69) is 0 Å². The molecule has 0 aromatic heterocycles. The van der Waals surface area contributed by atoms with Gasteiger partial charge in [-0.25, -0.2) is 0 Å². The molecule has 1 nitrogen and oxygen atoms in total. The smallest absolute Gasteiger partial charge is 0.167 e. The molecule has 0 fully saturated rings. The van der Waals surface area contributed by atoms with Crippen molar-refractivity contribution in [2.24, 2.45) is 0 Å². The SMILES string of the molecule is O=C1CC=Cc2ccccc21.P. The van der Waals surface area contributed by atoms with Crippen molar-refractivity contribution in [2.45, 2.75) is 6.42 Å². The van der Waals surface area contributed by atoms with Crippen molar-refractivity contribution in [3.63, 3.8) is 0 Å². The Hall–Kier alpha value is -0.940. The number of hydrogen-bond donors (Lipinski definition) is 0. The zero-order chi connectivity index (χ0) is 7.68. The summed E-state index contributed by atoms with van der Waals surface area (Å²) in [6.07, 6.45) is 4.46.